The van der Waals surface area contributed by atoms with Gasteiger partial charge < -0.3 is 15.0 Å². The summed E-state index contributed by atoms with van der Waals surface area (Å²) in [7, 11) is -1.59. The summed E-state index contributed by atoms with van der Waals surface area (Å²) in [4.78, 5) is 6.49. The van der Waals surface area contributed by atoms with Crippen molar-refractivity contribution in [2.24, 2.45) is 4.99 Å². The predicted octanol–water partition coefficient (Wildman–Crippen LogP) is 1.79. The van der Waals surface area contributed by atoms with Crippen molar-refractivity contribution in [3.8, 4) is 0 Å². The van der Waals surface area contributed by atoms with Crippen LogP contribution in [0.15, 0.2) is 41.4 Å². The van der Waals surface area contributed by atoms with Gasteiger partial charge in [-0.1, -0.05) is 36.4 Å². The molecule has 0 bridgehead atoms. The molecule has 0 saturated carbocycles. The van der Waals surface area contributed by atoms with Gasteiger partial charge in [0.2, 0.25) is 10.0 Å². The van der Waals surface area contributed by atoms with Crippen LogP contribution in [0.4, 0.5) is 0 Å². The molecule has 0 aromatic heterocycles. The largest absolute Gasteiger partial charge is 0.373 e. The summed E-state index contributed by atoms with van der Waals surface area (Å²) in [6.07, 6.45) is 3.01. The van der Waals surface area contributed by atoms with E-state index in [1.54, 1.807) is 11.4 Å². The van der Waals surface area contributed by atoms with Crippen LogP contribution in [0.2, 0.25) is 0 Å². The molecule has 7 nitrogen and oxygen atoms in total. The molecule has 29 heavy (non-hydrogen) atoms. The van der Waals surface area contributed by atoms with Crippen LogP contribution in [0.3, 0.4) is 0 Å². The van der Waals surface area contributed by atoms with Crippen LogP contribution in [0.1, 0.15) is 25.8 Å². The van der Waals surface area contributed by atoms with Crippen molar-refractivity contribution in [3.05, 3.63) is 42.0 Å². The van der Waals surface area contributed by atoms with Gasteiger partial charge in [-0.15, -0.1) is 0 Å². The van der Waals surface area contributed by atoms with Crippen LogP contribution in [0.5, 0.6) is 0 Å². The van der Waals surface area contributed by atoms with Gasteiger partial charge in [0.25, 0.3) is 0 Å². The number of hydrogen-bond donors (Lipinski definition) is 1. The molecule has 1 saturated heterocycles. The maximum absolute atomic E-state index is 12.7. The van der Waals surface area contributed by atoms with Crippen LogP contribution in [-0.2, 0) is 14.8 Å². The van der Waals surface area contributed by atoms with E-state index in [0.29, 0.717) is 19.6 Å². The first-order valence-electron chi connectivity index (χ1n) is 10.2. The Balaban J connectivity index is 1.52. The molecule has 2 aliphatic rings. The monoisotopic (exact) mass is 420 g/mol. The first-order valence-corrected chi connectivity index (χ1v) is 11.8. The highest BCUT2D eigenvalue weighted by molar-refractivity contribution is 7.89. The highest BCUT2D eigenvalue weighted by Gasteiger charge is 2.30. The fourth-order valence-corrected chi connectivity index (χ4v) is 5.38. The van der Waals surface area contributed by atoms with Crippen LogP contribution in [0, 0.1) is 0 Å². The molecular formula is C21H32N4O3S. The molecule has 160 valence electrons. The predicted molar refractivity (Wildman–Crippen MR) is 117 cm³/mol. The van der Waals surface area contributed by atoms with Crippen molar-refractivity contribution >= 4 is 21.6 Å². The average Bonchev–Trinajstić information content (AvgIpc) is 2.71. The zero-order chi connectivity index (χ0) is 20.9. The molecule has 1 aromatic carbocycles. The number of ether oxygens (including phenoxy) is 1. The fraction of sp³-hybridized carbons (Fsp3) is 0.571. The maximum Gasteiger partial charge on any atom is 0.216 e. The highest BCUT2D eigenvalue weighted by Crippen LogP contribution is 2.22. The van der Waals surface area contributed by atoms with Gasteiger partial charge in [-0.3, -0.25) is 4.99 Å². The van der Waals surface area contributed by atoms with Gasteiger partial charge in [0, 0.05) is 39.8 Å². The number of benzene rings is 1. The number of aliphatic imine (C=N–C) groups is 1. The first-order chi connectivity index (χ1) is 13.9. The van der Waals surface area contributed by atoms with Crippen LogP contribution < -0.4 is 5.32 Å². The number of sulfonamides is 1. The van der Waals surface area contributed by atoms with E-state index in [2.05, 4.69) is 45.6 Å². The van der Waals surface area contributed by atoms with Gasteiger partial charge >= 0.3 is 0 Å². The second-order valence-electron chi connectivity index (χ2n) is 7.66. The SMILES string of the molecule is CN=C(NCCS(=O)(=O)N1CC(C)OC(C)C1)N1CC=C(c2ccccc2)CC1. The Hall–Kier alpha value is -1.90. The van der Waals surface area contributed by atoms with Crippen LogP contribution in [-0.4, -0.2) is 81.3 Å². The van der Waals surface area contributed by atoms with E-state index >= 15 is 0 Å². The lowest BCUT2D eigenvalue weighted by Crippen LogP contribution is -2.50. The van der Waals surface area contributed by atoms with E-state index in [-0.39, 0.29) is 18.0 Å². The summed E-state index contributed by atoms with van der Waals surface area (Å²) >= 11 is 0. The third-order valence-electron chi connectivity index (χ3n) is 5.29. The lowest BCUT2D eigenvalue weighted by atomic mass is 10.00. The van der Waals surface area contributed by atoms with Gasteiger partial charge in [-0.25, -0.2) is 8.42 Å². The minimum atomic E-state index is -3.32. The molecule has 0 radical (unpaired) electrons. The third kappa shape index (κ3) is 5.81. The smallest absolute Gasteiger partial charge is 0.216 e. The number of hydrogen-bond acceptors (Lipinski definition) is 4. The summed E-state index contributed by atoms with van der Waals surface area (Å²) in [5, 5.41) is 3.22. The molecule has 1 aromatic rings. The standard InChI is InChI=1S/C21H32N4O3S/c1-17-15-25(16-18(2)28-17)29(26,27)14-11-23-21(22-3)24-12-9-20(10-13-24)19-7-5-4-6-8-19/h4-9,17-18H,10-16H2,1-3H3,(H,22,23). The summed E-state index contributed by atoms with van der Waals surface area (Å²) in [5.41, 5.74) is 2.60. The molecule has 0 aliphatic carbocycles. The van der Waals surface area contributed by atoms with Crippen LogP contribution >= 0.6 is 0 Å². The van der Waals surface area contributed by atoms with Gasteiger partial charge in [0.1, 0.15) is 0 Å². The highest BCUT2D eigenvalue weighted by atomic mass is 32.2. The Bertz CT molecular complexity index is 829. The lowest BCUT2D eigenvalue weighted by Gasteiger charge is -2.34. The summed E-state index contributed by atoms with van der Waals surface area (Å²) in [5.74, 6) is 0.789. The molecular weight excluding hydrogens is 388 g/mol. The van der Waals surface area contributed by atoms with Crippen molar-refractivity contribution < 1.29 is 13.2 Å². The molecule has 2 unspecified atom stereocenters. The summed E-state index contributed by atoms with van der Waals surface area (Å²) in [6, 6.07) is 10.4. The van der Waals surface area contributed by atoms with E-state index in [0.717, 1.165) is 25.5 Å². The molecule has 2 heterocycles. The Labute approximate surface area is 174 Å². The average molecular weight is 421 g/mol. The second-order valence-corrected chi connectivity index (χ2v) is 9.74. The zero-order valence-electron chi connectivity index (χ0n) is 17.5. The minimum Gasteiger partial charge on any atom is -0.373 e. The lowest BCUT2D eigenvalue weighted by molar-refractivity contribution is -0.0440. The molecule has 2 aliphatic heterocycles. The van der Waals surface area contributed by atoms with Gasteiger partial charge in [-0.2, -0.15) is 4.31 Å². The molecule has 1 N–H and O–H groups in total. The Morgan fingerprint density at radius 1 is 1.21 bits per heavy atom. The number of rotatable bonds is 5. The van der Waals surface area contributed by atoms with E-state index in [1.807, 2.05) is 19.9 Å². The van der Waals surface area contributed by atoms with Crippen molar-refractivity contribution in [3.63, 3.8) is 0 Å². The number of morpholine rings is 1. The number of nitrogens with one attached hydrogen (secondary N) is 1. The molecule has 3 rings (SSSR count). The van der Waals surface area contributed by atoms with E-state index in [4.69, 9.17) is 4.74 Å². The summed E-state index contributed by atoms with van der Waals surface area (Å²) in [6.45, 7) is 6.60. The van der Waals surface area contributed by atoms with Gasteiger partial charge in [0.05, 0.1) is 18.0 Å². The Morgan fingerprint density at radius 3 is 2.48 bits per heavy atom. The summed E-state index contributed by atoms with van der Waals surface area (Å²) < 4.78 is 32.6. The molecule has 2 atom stereocenters. The zero-order valence-corrected chi connectivity index (χ0v) is 18.4. The minimum absolute atomic E-state index is 0.0460. The normalized spacial score (nSPS) is 24.3. The quantitative estimate of drug-likeness (QED) is 0.581. The molecule has 0 spiro atoms. The van der Waals surface area contributed by atoms with E-state index in [9.17, 15) is 8.42 Å². The van der Waals surface area contributed by atoms with E-state index < -0.39 is 10.0 Å². The molecule has 0 amide bonds. The Kier molecular flexibility index (Phi) is 7.32. The third-order valence-corrected chi connectivity index (χ3v) is 7.09. The molecule has 1 fully saturated rings. The number of nitrogens with zero attached hydrogens (tertiary/aromatic N) is 3. The first kappa shape index (κ1) is 21.8. The van der Waals surface area contributed by atoms with Crippen molar-refractivity contribution in [2.75, 3.05) is 45.5 Å². The second kappa shape index (κ2) is 9.73. The Morgan fingerprint density at radius 2 is 1.90 bits per heavy atom. The fourth-order valence-electron chi connectivity index (χ4n) is 3.89. The van der Waals surface area contributed by atoms with Crippen molar-refractivity contribution in [1.82, 2.24) is 14.5 Å². The van der Waals surface area contributed by atoms with Gasteiger partial charge in [0.15, 0.2) is 5.96 Å². The maximum atomic E-state index is 12.7. The van der Waals surface area contributed by atoms with Crippen molar-refractivity contribution in [2.45, 2.75) is 32.5 Å². The number of guanidine groups is 1. The van der Waals surface area contributed by atoms with Crippen LogP contribution in [0.25, 0.3) is 5.57 Å². The topological polar surface area (TPSA) is 74.2 Å². The molecule has 8 heteroatoms. The van der Waals surface area contributed by atoms with Crippen molar-refractivity contribution in [1.29, 1.82) is 0 Å². The van der Waals surface area contributed by atoms with Gasteiger partial charge in [-0.05, 0) is 31.4 Å². The van der Waals surface area contributed by atoms with E-state index in [1.165, 1.54) is 11.1 Å².